The zero-order valence-electron chi connectivity index (χ0n) is 11.5. The van der Waals surface area contributed by atoms with Crippen LogP contribution < -0.4 is 5.32 Å². The average Bonchev–Trinajstić information content (AvgIpc) is 2.40. The number of hydrogen-bond acceptors (Lipinski definition) is 3. The van der Waals surface area contributed by atoms with Crippen molar-refractivity contribution in [1.29, 1.82) is 0 Å². The van der Waals surface area contributed by atoms with Crippen molar-refractivity contribution < 1.29 is 4.74 Å². The van der Waals surface area contributed by atoms with E-state index in [9.17, 15) is 0 Å². The third kappa shape index (κ3) is 3.94. The monoisotopic (exact) mass is 240 g/mol. The Labute approximate surface area is 106 Å². The molecule has 2 aliphatic rings. The van der Waals surface area contributed by atoms with Crippen molar-refractivity contribution in [3.8, 4) is 0 Å². The summed E-state index contributed by atoms with van der Waals surface area (Å²) in [6.45, 7) is 5.60. The summed E-state index contributed by atoms with van der Waals surface area (Å²) in [5, 5.41) is 3.64. The summed E-state index contributed by atoms with van der Waals surface area (Å²) < 4.78 is 5.76. The minimum atomic E-state index is 0.496. The zero-order chi connectivity index (χ0) is 12.1. The van der Waals surface area contributed by atoms with Gasteiger partial charge >= 0.3 is 0 Å². The lowest BCUT2D eigenvalue weighted by Gasteiger charge is -2.37. The third-order valence-corrected chi connectivity index (χ3v) is 4.34. The van der Waals surface area contributed by atoms with E-state index >= 15 is 0 Å². The molecular formula is C14H28N2O. The van der Waals surface area contributed by atoms with Gasteiger partial charge in [-0.15, -0.1) is 0 Å². The molecule has 0 amide bonds. The van der Waals surface area contributed by atoms with Crippen molar-refractivity contribution in [1.82, 2.24) is 10.2 Å². The molecule has 0 radical (unpaired) electrons. The van der Waals surface area contributed by atoms with Gasteiger partial charge in [0.05, 0.1) is 6.10 Å². The molecule has 3 nitrogen and oxygen atoms in total. The minimum Gasteiger partial charge on any atom is -0.378 e. The van der Waals surface area contributed by atoms with E-state index in [1.165, 1.54) is 45.2 Å². The number of likely N-dealkylation sites (N-methyl/N-ethyl adjacent to an activating group) is 1. The molecule has 1 N–H and O–H groups in total. The largest absolute Gasteiger partial charge is 0.378 e. The van der Waals surface area contributed by atoms with Gasteiger partial charge in [0.15, 0.2) is 0 Å². The Bertz CT molecular complexity index is 216. The number of nitrogens with one attached hydrogen (secondary N) is 1. The Balaban J connectivity index is 1.75. The maximum atomic E-state index is 5.76. The molecule has 2 aliphatic heterocycles. The SMILES string of the molecule is CCC1CC(N(C)CC2CCCCN2)CCO1. The molecule has 3 heteroatoms. The van der Waals surface area contributed by atoms with E-state index in [1.807, 2.05) is 0 Å². The summed E-state index contributed by atoms with van der Waals surface area (Å²) in [6.07, 6.45) is 8.19. The molecule has 17 heavy (non-hydrogen) atoms. The van der Waals surface area contributed by atoms with Gasteiger partial charge in [-0.3, -0.25) is 0 Å². The Hall–Kier alpha value is -0.120. The van der Waals surface area contributed by atoms with Crippen LogP contribution in [0.15, 0.2) is 0 Å². The van der Waals surface area contributed by atoms with E-state index in [4.69, 9.17) is 4.74 Å². The van der Waals surface area contributed by atoms with Crippen LogP contribution in [-0.4, -0.2) is 49.8 Å². The fourth-order valence-electron chi connectivity index (χ4n) is 3.12. The summed E-state index contributed by atoms with van der Waals surface area (Å²) >= 11 is 0. The average molecular weight is 240 g/mol. The molecule has 0 aromatic carbocycles. The number of rotatable bonds is 4. The first-order chi connectivity index (χ1) is 8.29. The van der Waals surface area contributed by atoms with E-state index in [2.05, 4.69) is 24.2 Å². The summed E-state index contributed by atoms with van der Waals surface area (Å²) in [5.74, 6) is 0. The molecule has 2 rings (SSSR count). The second-order valence-corrected chi connectivity index (χ2v) is 5.67. The standard InChI is InChI=1S/C14H28N2O/c1-3-14-10-13(7-9-17-14)16(2)11-12-6-4-5-8-15-12/h12-15H,3-11H2,1-2H3. The zero-order valence-corrected chi connectivity index (χ0v) is 11.5. The van der Waals surface area contributed by atoms with Crippen LogP contribution in [0.5, 0.6) is 0 Å². The van der Waals surface area contributed by atoms with Gasteiger partial charge in [-0.05, 0) is 45.7 Å². The number of hydrogen-bond donors (Lipinski definition) is 1. The predicted octanol–water partition coefficient (Wildman–Crippen LogP) is 2.02. The third-order valence-electron chi connectivity index (χ3n) is 4.34. The van der Waals surface area contributed by atoms with Crippen LogP contribution in [-0.2, 0) is 4.74 Å². The van der Waals surface area contributed by atoms with Crippen molar-refractivity contribution in [2.75, 3.05) is 26.7 Å². The molecule has 3 unspecified atom stereocenters. The number of nitrogens with zero attached hydrogens (tertiary/aromatic N) is 1. The molecule has 0 aromatic heterocycles. The number of piperidine rings is 1. The van der Waals surface area contributed by atoms with Crippen molar-refractivity contribution in [3.05, 3.63) is 0 Å². The molecule has 2 saturated heterocycles. The highest BCUT2D eigenvalue weighted by Gasteiger charge is 2.26. The van der Waals surface area contributed by atoms with Crippen LogP contribution in [0, 0.1) is 0 Å². The van der Waals surface area contributed by atoms with Crippen LogP contribution in [0.3, 0.4) is 0 Å². The summed E-state index contributed by atoms with van der Waals surface area (Å²) in [7, 11) is 2.29. The highest BCUT2D eigenvalue weighted by molar-refractivity contribution is 4.82. The molecule has 2 fully saturated rings. The summed E-state index contributed by atoms with van der Waals surface area (Å²) in [4.78, 5) is 2.56. The smallest absolute Gasteiger partial charge is 0.0587 e. The Morgan fingerprint density at radius 1 is 1.29 bits per heavy atom. The first-order valence-corrected chi connectivity index (χ1v) is 7.34. The maximum Gasteiger partial charge on any atom is 0.0587 e. The van der Waals surface area contributed by atoms with Gasteiger partial charge in [0.2, 0.25) is 0 Å². The molecule has 0 aromatic rings. The van der Waals surface area contributed by atoms with Crippen LogP contribution in [0.4, 0.5) is 0 Å². The fourth-order valence-corrected chi connectivity index (χ4v) is 3.12. The lowest BCUT2D eigenvalue weighted by molar-refractivity contribution is -0.0249. The quantitative estimate of drug-likeness (QED) is 0.813. The van der Waals surface area contributed by atoms with E-state index < -0.39 is 0 Å². The van der Waals surface area contributed by atoms with E-state index in [-0.39, 0.29) is 0 Å². The van der Waals surface area contributed by atoms with Gasteiger partial charge in [0.1, 0.15) is 0 Å². The van der Waals surface area contributed by atoms with E-state index in [0.29, 0.717) is 6.10 Å². The van der Waals surface area contributed by atoms with Crippen LogP contribution in [0.2, 0.25) is 0 Å². The van der Waals surface area contributed by atoms with Crippen molar-refractivity contribution >= 4 is 0 Å². The van der Waals surface area contributed by atoms with Crippen LogP contribution in [0.25, 0.3) is 0 Å². The topological polar surface area (TPSA) is 24.5 Å². The minimum absolute atomic E-state index is 0.496. The van der Waals surface area contributed by atoms with Gasteiger partial charge in [0, 0.05) is 25.2 Å². The summed E-state index contributed by atoms with van der Waals surface area (Å²) in [6, 6.07) is 1.45. The Morgan fingerprint density at radius 3 is 2.88 bits per heavy atom. The Kier molecular flexibility index (Phi) is 5.26. The molecule has 3 atom stereocenters. The fraction of sp³-hybridized carbons (Fsp3) is 1.00. The molecule has 0 aliphatic carbocycles. The molecule has 0 spiro atoms. The second kappa shape index (κ2) is 6.72. The molecule has 100 valence electrons. The molecule has 0 bridgehead atoms. The van der Waals surface area contributed by atoms with Gasteiger partial charge in [0.25, 0.3) is 0 Å². The highest BCUT2D eigenvalue weighted by atomic mass is 16.5. The van der Waals surface area contributed by atoms with Gasteiger partial charge in [-0.1, -0.05) is 13.3 Å². The number of ether oxygens (including phenoxy) is 1. The lowest BCUT2D eigenvalue weighted by atomic mass is 9.98. The van der Waals surface area contributed by atoms with E-state index in [1.54, 1.807) is 0 Å². The van der Waals surface area contributed by atoms with Crippen LogP contribution in [0.1, 0.15) is 45.4 Å². The van der Waals surface area contributed by atoms with Gasteiger partial charge < -0.3 is 15.0 Å². The van der Waals surface area contributed by atoms with E-state index in [0.717, 1.165) is 25.1 Å². The second-order valence-electron chi connectivity index (χ2n) is 5.67. The van der Waals surface area contributed by atoms with Crippen molar-refractivity contribution in [2.24, 2.45) is 0 Å². The van der Waals surface area contributed by atoms with Gasteiger partial charge in [-0.25, -0.2) is 0 Å². The first-order valence-electron chi connectivity index (χ1n) is 7.34. The van der Waals surface area contributed by atoms with Crippen molar-refractivity contribution in [3.63, 3.8) is 0 Å². The normalized spacial score (nSPS) is 35.1. The maximum absolute atomic E-state index is 5.76. The van der Waals surface area contributed by atoms with Gasteiger partial charge in [-0.2, -0.15) is 0 Å². The summed E-state index contributed by atoms with van der Waals surface area (Å²) in [5.41, 5.74) is 0. The highest BCUT2D eigenvalue weighted by Crippen LogP contribution is 2.21. The molecule has 2 heterocycles. The Morgan fingerprint density at radius 2 is 2.18 bits per heavy atom. The lowest BCUT2D eigenvalue weighted by Crippen LogP contribution is -2.48. The molecular weight excluding hydrogens is 212 g/mol. The van der Waals surface area contributed by atoms with Crippen molar-refractivity contribution in [2.45, 2.75) is 63.6 Å². The predicted molar refractivity (Wildman–Crippen MR) is 71.3 cm³/mol. The van der Waals surface area contributed by atoms with Crippen LogP contribution >= 0.6 is 0 Å². The first kappa shape index (κ1) is 13.3. The molecule has 0 saturated carbocycles.